The first kappa shape index (κ1) is 16.6. The summed E-state index contributed by atoms with van der Waals surface area (Å²) in [6.07, 6.45) is 0.0702. The van der Waals surface area contributed by atoms with Gasteiger partial charge < -0.3 is 14.6 Å². The molecule has 0 radical (unpaired) electrons. The fourth-order valence-corrected chi connectivity index (χ4v) is 3.89. The number of aliphatic carboxylic acids is 1. The summed E-state index contributed by atoms with van der Waals surface area (Å²) in [6.45, 7) is 5.03. The third-order valence-electron chi connectivity index (χ3n) is 3.33. The van der Waals surface area contributed by atoms with Crippen molar-refractivity contribution >= 4 is 16.0 Å². The van der Waals surface area contributed by atoms with E-state index in [1.54, 1.807) is 26.8 Å². The third kappa shape index (κ3) is 3.69. The second kappa shape index (κ2) is 5.77. The summed E-state index contributed by atoms with van der Waals surface area (Å²) >= 11 is 0. The Labute approximate surface area is 129 Å². The quantitative estimate of drug-likeness (QED) is 0.823. The van der Waals surface area contributed by atoms with Gasteiger partial charge >= 0.3 is 5.97 Å². The standard InChI is InChI=1S/C14H19NO6S/c1-9-6-10-11(21-8-20-10)7-12(9)22(18,19)15-14(2,3)5-4-13(16)17/h6-7,15H,4-5,8H2,1-3H3,(H,16,17). The predicted octanol–water partition coefficient (Wildman–Crippen LogP) is 1.65. The number of carboxylic acids is 1. The molecule has 22 heavy (non-hydrogen) atoms. The summed E-state index contributed by atoms with van der Waals surface area (Å²) in [6, 6.07) is 3.04. The van der Waals surface area contributed by atoms with Crippen LogP contribution in [0.15, 0.2) is 17.0 Å². The lowest BCUT2D eigenvalue weighted by molar-refractivity contribution is -0.137. The zero-order valence-electron chi connectivity index (χ0n) is 12.7. The zero-order chi connectivity index (χ0) is 16.5. The molecule has 0 amide bonds. The van der Waals surface area contributed by atoms with E-state index in [0.29, 0.717) is 17.1 Å². The van der Waals surface area contributed by atoms with Crippen LogP contribution in [0.1, 0.15) is 32.3 Å². The van der Waals surface area contributed by atoms with E-state index >= 15 is 0 Å². The monoisotopic (exact) mass is 329 g/mol. The number of nitrogens with one attached hydrogen (secondary N) is 1. The van der Waals surface area contributed by atoms with Gasteiger partial charge in [0.05, 0.1) is 4.90 Å². The van der Waals surface area contributed by atoms with Crippen LogP contribution in [0.4, 0.5) is 0 Å². The molecule has 8 heteroatoms. The van der Waals surface area contributed by atoms with Crippen LogP contribution in [0.3, 0.4) is 0 Å². The molecule has 2 N–H and O–H groups in total. The average Bonchev–Trinajstić information content (AvgIpc) is 2.81. The molecule has 0 spiro atoms. The molecular formula is C14H19NO6S. The first-order valence-electron chi connectivity index (χ1n) is 6.77. The molecule has 1 aromatic carbocycles. The number of sulfonamides is 1. The van der Waals surface area contributed by atoms with Crippen molar-refractivity contribution in [1.82, 2.24) is 4.72 Å². The molecule has 2 rings (SSSR count). The molecule has 7 nitrogen and oxygen atoms in total. The van der Waals surface area contributed by atoms with Gasteiger partial charge in [-0.05, 0) is 38.8 Å². The maximum atomic E-state index is 12.6. The van der Waals surface area contributed by atoms with E-state index < -0.39 is 21.5 Å². The average molecular weight is 329 g/mol. The maximum Gasteiger partial charge on any atom is 0.303 e. The van der Waals surface area contributed by atoms with Gasteiger partial charge in [-0.1, -0.05) is 0 Å². The molecule has 0 aliphatic carbocycles. The normalized spacial score (nSPS) is 14.1. The minimum Gasteiger partial charge on any atom is -0.481 e. The molecule has 0 saturated heterocycles. The van der Waals surface area contributed by atoms with E-state index in [4.69, 9.17) is 14.6 Å². The SMILES string of the molecule is Cc1cc2c(cc1S(=O)(=O)NC(C)(C)CCC(=O)O)OCO2. The lowest BCUT2D eigenvalue weighted by Crippen LogP contribution is -2.43. The van der Waals surface area contributed by atoms with Gasteiger partial charge in [0, 0.05) is 18.0 Å². The van der Waals surface area contributed by atoms with Crippen molar-refractivity contribution in [3.8, 4) is 11.5 Å². The lowest BCUT2D eigenvalue weighted by Gasteiger charge is -2.25. The number of aryl methyl sites for hydroxylation is 1. The molecule has 0 fully saturated rings. The molecular weight excluding hydrogens is 310 g/mol. The number of benzene rings is 1. The highest BCUT2D eigenvalue weighted by molar-refractivity contribution is 7.89. The van der Waals surface area contributed by atoms with E-state index in [1.165, 1.54) is 6.07 Å². The summed E-state index contributed by atoms with van der Waals surface area (Å²) in [5.41, 5.74) is -0.342. The Kier molecular flexibility index (Phi) is 4.35. The Hall–Kier alpha value is -1.80. The summed E-state index contributed by atoms with van der Waals surface area (Å²) in [5, 5.41) is 8.73. The van der Waals surface area contributed by atoms with E-state index in [1.807, 2.05) is 0 Å². The summed E-state index contributed by atoms with van der Waals surface area (Å²) in [4.78, 5) is 10.8. The fraction of sp³-hybridized carbons (Fsp3) is 0.500. The van der Waals surface area contributed by atoms with Crippen LogP contribution in [-0.2, 0) is 14.8 Å². The second-order valence-corrected chi connectivity index (χ2v) is 7.50. The highest BCUT2D eigenvalue weighted by Crippen LogP contribution is 2.36. The zero-order valence-corrected chi connectivity index (χ0v) is 13.5. The van der Waals surface area contributed by atoms with Crippen molar-refractivity contribution in [2.75, 3.05) is 6.79 Å². The van der Waals surface area contributed by atoms with Gasteiger partial charge in [0.1, 0.15) is 0 Å². The summed E-state index contributed by atoms with van der Waals surface area (Å²) < 4.78 is 38.1. The van der Waals surface area contributed by atoms with E-state index in [0.717, 1.165) is 0 Å². The highest BCUT2D eigenvalue weighted by atomic mass is 32.2. The minimum atomic E-state index is -3.80. The summed E-state index contributed by atoms with van der Waals surface area (Å²) in [7, 11) is -3.80. The van der Waals surface area contributed by atoms with Crippen molar-refractivity contribution in [3.05, 3.63) is 17.7 Å². The Morgan fingerprint density at radius 3 is 2.50 bits per heavy atom. The molecule has 1 aromatic rings. The summed E-state index contributed by atoms with van der Waals surface area (Å²) in [5.74, 6) is -0.0672. The Bertz CT molecular complexity index is 696. The molecule has 1 heterocycles. The maximum absolute atomic E-state index is 12.6. The fourth-order valence-electron chi connectivity index (χ4n) is 2.20. The van der Waals surface area contributed by atoms with Crippen LogP contribution in [0.5, 0.6) is 11.5 Å². The number of rotatable bonds is 6. The van der Waals surface area contributed by atoms with Crippen LogP contribution in [0.2, 0.25) is 0 Å². The minimum absolute atomic E-state index is 0.0653. The van der Waals surface area contributed by atoms with Gasteiger partial charge in [0.25, 0.3) is 0 Å². The van der Waals surface area contributed by atoms with Crippen molar-refractivity contribution in [2.45, 2.75) is 44.0 Å². The van der Waals surface area contributed by atoms with E-state index in [2.05, 4.69) is 4.72 Å². The molecule has 1 aliphatic rings. The predicted molar refractivity (Wildman–Crippen MR) is 78.6 cm³/mol. The van der Waals surface area contributed by atoms with Gasteiger partial charge in [-0.3, -0.25) is 4.79 Å². The number of ether oxygens (including phenoxy) is 2. The van der Waals surface area contributed by atoms with Crippen molar-refractivity contribution in [1.29, 1.82) is 0 Å². The van der Waals surface area contributed by atoms with Gasteiger partial charge in [-0.2, -0.15) is 0 Å². The number of hydrogen-bond acceptors (Lipinski definition) is 5. The Balaban J connectivity index is 2.25. The largest absolute Gasteiger partial charge is 0.481 e. The molecule has 1 aliphatic heterocycles. The molecule has 0 atom stereocenters. The van der Waals surface area contributed by atoms with Crippen molar-refractivity contribution < 1.29 is 27.8 Å². The Morgan fingerprint density at radius 1 is 1.32 bits per heavy atom. The number of carbonyl (C=O) groups is 1. The highest BCUT2D eigenvalue weighted by Gasteiger charge is 2.29. The first-order chi connectivity index (χ1) is 10.1. The Morgan fingerprint density at radius 2 is 1.91 bits per heavy atom. The van der Waals surface area contributed by atoms with Crippen LogP contribution >= 0.6 is 0 Å². The van der Waals surface area contributed by atoms with Crippen LogP contribution in [0.25, 0.3) is 0 Å². The smallest absolute Gasteiger partial charge is 0.303 e. The molecule has 0 unspecified atom stereocenters. The van der Waals surface area contributed by atoms with Crippen LogP contribution < -0.4 is 14.2 Å². The van der Waals surface area contributed by atoms with Crippen molar-refractivity contribution in [2.24, 2.45) is 0 Å². The molecule has 122 valence electrons. The second-order valence-electron chi connectivity index (χ2n) is 5.85. The first-order valence-corrected chi connectivity index (χ1v) is 8.25. The van der Waals surface area contributed by atoms with E-state index in [-0.39, 0.29) is 24.5 Å². The number of fused-ring (bicyclic) bond motifs is 1. The van der Waals surface area contributed by atoms with E-state index in [9.17, 15) is 13.2 Å². The van der Waals surface area contributed by atoms with Crippen LogP contribution in [-0.4, -0.2) is 31.8 Å². The van der Waals surface area contributed by atoms with Gasteiger partial charge in [0.2, 0.25) is 16.8 Å². The molecule has 0 saturated carbocycles. The molecule has 0 aromatic heterocycles. The lowest BCUT2D eigenvalue weighted by atomic mass is 10.0. The van der Waals surface area contributed by atoms with Gasteiger partial charge in [0.15, 0.2) is 11.5 Å². The molecule has 0 bridgehead atoms. The number of carboxylic acid groups (broad SMARTS) is 1. The van der Waals surface area contributed by atoms with Gasteiger partial charge in [-0.15, -0.1) is 0 Å². The van der Waals surface area contributed by atoms with Crippen LogP contribution in [0, 0.1) is 6.92 Å². The topological polar surface area (TPSA) is 102 Å². The van der Waals surface area contributed by atoms with Crippen molar-refractivity contribution in [3.63, 3.8) is 0 Å². The number of hydrogen-bond donors (Lipinski definition) is 2. The third-order valence-corrected chi connectivity index (χ3v) is 5.17. The van der Waals surface area contributed by atoms with Gasteiger partial charge in [-0.25, -0.2) is 13.1 Å².